The molecule has 12 heteroatoms. The lowest BCUT2D eigenvalue weighted by Gasteiger charge is -2.71. The van der Waals surface area contributed by atoms with Crippen molar-refractivity contribution in [3.05, 3.63) is 0 Å². The highest BCUT2D eigenvalue weighted by atomic mass is 16.7. The maximum absolute atomic E-state index is 11.2. The highest BCUT2D eigenvalue weighted by Crippen LogP contribution is 2.76. The van der Waals surface area contributed by atoms with Crippen molar-refractivity contribution in [2.24, 2.45) is 45.3 Å². The lowest BCUT2D eigenvalue weighted by molar-refractivity contribution is -0.332. The molecule has 4 aliphatic carbocycles. The minimum Gasteiger partial charge on any atom is -0.394 e. The Morgan fingerprint density at radius 2 is 1.34 bits per heavy atom. The van der Waals surface area contributed by atoms with Crippen LogP contribution in [-0.2, 0) is 23.7 Å². The van der Waals surface area contributed by atoms with Crippen molar-refractivity contribution < 1.29 is 59.4 Å². The van der Waals surface area contributed by atoms with Gasteiger partial charge in [-0.3, -0.25) is 0 Å². The molecule has 0 aromatic heterocycles. The van der Waals surface area contributed by atoms with Gasteiger partial charge in [0.2, 0.25) is 0 Å². The summed E-state index contributed by atoms with van der Waals surface area (Å²) >= 11 is 0. The van der Waals surface area contributed by atoms with E-state index in [9.17, 15) is 35.7 Å². The van der Waals surface area contributed by atoms with Crippen molar-refractivity contribution in [3.63, 3.8) is 0 Å². The van der Waals surface area contributed by atoms with Crippen LogP contribution in [0, 0.1) is 45.3 Å². The van der Waals surface area contributed by atoms with Crippen LogP contribution in [-0.4, -0.2) is 127 Å². The Balaban J connectivity index is 1.22. The molecule has 7 fully saturated rings. The van der Waals surface area contributed by atoms with Crippen LogP contribution in [0.25, 0.3) is 0 Å². The van der Waals surface area contributed by atoms with Crippen molar-refractivity contribution in [2.75, 3.05) is 6.61 Å². The first-order valence-electron chi connectivity index (χ1n) is 20.6. The zero-order valence-electron chi connectivity index (χ0n) is 33.5. The summed E-state index contributed by atoms with van der Waals surface area (Å²) in [5.74, 6) is 0.698. The Bertz CT molecular complexity index is 1340. The molecule has 9 unspecified atom stereocenters. The van der Waals surface area contributed by atoms with Crippen LogP contribution in [0.2, 0.25) is 0 Å². The molecular formula is C41H70O12. The first kappa shape index (κ1) is 40.7. The minimum absolute atomic E-state index is 0.0514. The second-order valence-corrected chi connectivity index (χ2v) is 20.6. The summed E-state index contributed by atoms with van der Waals surface area (Å²) in [7, 11) is 0. The van der Waals surface area contributed by atoms with Crippen LogP contribution in [0.5, 0.6) is 0 Å². The molecule has 7 N–H and O–H groups in total. The quantitative estimate of drug-likeness (QED) is 0.189. The lowest BCUT2D eigenvalue weighted by atomic mass is 9.35. The second-order valence-electron chi connectivity index (χ2n) is 20.6. The van der Waals surface area contributed by atoms with Gasteiger partial charge in [0.25, 0.3) is 0 Å². The van der Waals surface area contributed by atoms with Crippen molar-refractivity contribution >= 4 is 0 Å². The Hall–Kier alpha value is -0.480. The molecule has 0 aromatic carbocycles. The van der Waals surface area contributed by atoms with E-state index < -0.39 is 73.1 Å². The third-order valence-corrected chi connectivity index (χ3v) is 17.1. The molecule has 0 aromatic rings. The maximum atomic E-state index is 11.2. The normalized spacial score (nSPS) is 56.8. The van der Waals surface area contributed by atoms with Gasteiger partial charge in [-0.2, -0.15) is 0 Å². The molecule has 7 aliphatic rings. The number of hydrogen-bond acceptors (Lipinski definition) is 12. The van der Waals surface area contributed by atoms with E-state index in [2.05, 4.69) is 41.5 Å². The van der Waals surface area contributed by atoms with Gasteiger partial charge in [-0.05, 0) is 131 Å². The fourth-order valence-electron chi connectivity index (χ4n) is 13.8. The Morgan fingerprint density at radius 1 is 0.698 bits per heavy atom. The van der Waals surface area contributed by atoms with Crippen LogP contribution in [0.3, 0.4) is 0 Å². The Morgan fingerprint density at radius 3 is 1.96 bits per heavy atom. The highest BCUT2D eigenvalue weighted by Gasteiger charge is 2.73. The van der Waals surface area contributed by atoms with E-state index in [0.29, 0.717) is 0 Å². The van der Waals surface area contributed by atoms with Gasteiger partial charge in [-0.25, -0.2) is 0 Å². The van der Waals surface area contributed by atoms with Crippen molar-refractivity contribution in [1.82, 2.24) is 0 Å². The highest BCUT2D eigenvalue weighted by molar-refractivity contribution is 5.21. The predicted octanol–water partition coefficient (Wildman–Crippen LogP) is 3.03. The fraction of sp³-hybridized carbons (Fsp3) is 1.00. The van der Waals surface area contributed by atoms with E-state index in [4.69, 9.17) is 23.7 Å². The maximum Gasteiger partial charge on any atom is 0.186 e. The van der Waals surface area contributed by atoms with Gasteiger partial charge < -0.3 is 59.4 Å². The molecule has 12 nitrogen and oxygen atoms in total. The monoisotopic (exact) mass is 754 g/mol. The Kier molecular flexibility index (Phi) is 10.4. The molecule has 3 aliphatic heterocycles. The molecule has 4 saturated carbocycles. The number of ether oxygens (including phenoxy) is 5. The summed E-state index contributed by atoms with van der Waals surface area (Å²) in [6.07, 6.45) is -3.07. The molecule has 306 valence electrons. The largest absolute Gasteiger partial charge is 0.394 e. The van der Waals surface area contributed by atoms with Gasteiger partial charge in [-0.15, -0.1) is 0 Å². The summed E-state index contributed by atoms with van der Waals surface area (Å²) in [4.78, 5) is 0. The number of aliphatic hydroxyl groups excluding tert-OH is 6. The van der Waals surface area contributed by atoms with Crippen LogP contribution in [0.1, 0.15) is 120 Å². The summed E-state index contributed by atoms with van der Waals surface area (Å²) in [5, 5.41) is 74.4. The lowest BCUT2D eigenvalue weighted by Crippen LogP contribution is -2.68. The third kappa shape index (κ3) is 6.13. The smallest absolute Gasteiger partial charge is 0.186 e. The average molecular weight is 755 g/mol. The summed E-state index contributed by atoms with van der Waals surface area (Å²) in [6, 6.07) is 0. The van der Waals surface area contributed by atoms with Gasteiger partial charge in [0.05, 0.1) is 42.2 Å². The average Bonchev–Trinajstić information content (AvgIpc) is 3.75. The molecule has 3 saturated heterocycles. The molecule has 7 rings (SSSR count). The van der Waals surface area contributed by atoms with E-state index in [1.165, 1.54) is 0 Å². The van der Waals surface area contributed by atoms with Gasteiger partial charge in [0, 0.05) is 0 Å². The first-order chi connectivity index (χ1) is 24.5. The number of hydrogen-bond donors (Lipinski definition) is 7. The number of rotatable bonds is 7. The fourth-order valence-corrected chi connectivity index (χ4v) is 13.8. The van der Waals surface area contributed by atoms with E-state index in [1.54, 1.807) is 6.92 Å². The van der Waals surface area contributed by atoms with E-state index >= 15 is 0 Å². The summed E-state index contributed by atoms with van der Waals surface area (Å²) in [5.41, 5.74) is -2.05. The third-order valence-electron chi connectivity index (χ3n) is 17.1. The summed E-state index contributed by atoms with van der Waals surface area (Å²) < 4.78 is 32.3. The second kappa shape index (κ2) is 13.5. The standard InChI is InChI=1S/C41H70O12/c1-20-29(43)31(45)33(47)34(49-20)50-22-18-25-38(6)14-12-26(52-35-32(46)30(44)23(19-42)51-35)36(2,3)24(38)11-16-39(25,7)40(8)15-10-21(28(22)40)41(9)17-13-27(53-41)37(4,5)48/h20-35,42-48H,10-19H2,1-9H3/t20-,21?,22?,23+,24?,25?,26+,27?,28?,29-,30+,31+,32-,33-,34?,35+,38+,39-,40?,41?/m1/s1. The zero-order valence-corrected chi connectivity index (χ0v) is 33.5. The summed E-state index contributed by atoms with van der Waals surface area (Å²) in [6.45, 7) is 19.1. The van der Waals surface area contributed by atoms with E-state index in [0.717, 1.165) is 57.8 Å². The Labute approximate surface area is 315 Å². The number of fused-ring (bicyclic) bond motifs is 5. The van der Waals surface area contributed by atoms with E-state index in [-0.39, 0.29) is 63.6 Å². The van der Waals surface area contributed by atoms with E-state index in [1.807, 2.05) is 13.8 Å². The molecule has 0 spiro atoms. The molecule has 3 heterocycles. The van der Waals surface area contributed by atoms with Crippen LogP contribution < -0.4 is 0 Å². The van der Waals surface area contributed by atoms with Gasteiger partial charge >= 0.3 is 0 Å². The van der Waals surface area contributed by atoms with Gasteiger partial charge in [-0.1, -0.05) is 34.6 Å². The molecule has 53 heavy (non-hydrogen) atoms. The van der Waals surface area contributed by atoms with Gasteiger partial charge in [0.15, 0.2) is 12.6 Å². The van der Waals surface area contributed by atoms with Crippen molar-refractivity contribution in [3.8, 4) is 0 Å². The van der Waals surface area contributed by atoms with Crippen molar-refractivity contribution in [2.45, 2.75) is 205 Å². The molecule has 0 radical (unpaired) electrons. The minimum atomic E-state index is -1.41. The van der Waals surface area contributed by atoms with Crippen molar-refractivity contribution in [1.29, 1.82) is 0 Å². The molecule has 0 amide bonds. The number of aliphatic hydroxyl groups is 7. The zero-order chi connectivity index (χ0) is 38.8. The predicted molar refractivity (Wildman–Crippen MR) is 193 cm³/mol. The van der Waals surface area contributed by atoms with Gasteiger partial charge in [0.1, 0.15) is 36.6 Å². The molecule has 20 atom stereocenters. The van der Waals surface area contributed by atoms with Crippen LogP contribution in [0.15, 0.2) is 0 Å². The first-order valence-corrected chi connectivity index (χ1v) is 20.6. The SMILES string of the molecule is C[C@H]1OC(OC2CC3[C@@]4(C)CC[C@H](O[C@@H]5O[C@@H](CO)[C@H](O)[C@H]5O)C(C)(C)C4CC[C@@]3(C)C3(C)CCC(C4(C)CCC(C(C)(C)O)O4)C23)[C@H](O)[C@@H](O)[C@@H]1O. The van der Waals surface area contributed by atoms with Crippen LogP contribution in [0.4, 0.5) is 0 Å². The van der Waals surface area contributed by atoms with Crippen LogP contribution >= 0.6 is 0 Å². The topological polar surface area (TPSA) is 188 Å². The molecule has 0 bridgehead atoms. The molecular weight excluding hydrogens is 684 g/mol.